The van der Waals surface area contributed by atoms with Crippen molar-refractivity contribution in [2.24, 2.45) is 0 Å². The van der Waals surface area contributed by atoms with Crippen LogP contribution in [0.2, 0.25) is 0 Å². The summed E-state index contributed by atoms with van der Waals surface area (Å²) in [5.41, 5.74) is 2.17. The molecule has 0 saturated carbocycles. The summed E-state index contributed by atoms with van der Waals surface area (Å²) < 4.78 is 0. The zero-order valence-electron chi connectivity index (χ0n) is 9.73. The van der Waals surface area contributed by atoms with E-state index in [9.17, 15) is 4.79 Å². The van der Waals surface area contributed by atoms with Crippen molar-refractivity contribution < 1.29 is 4.79 Å². The lowest BCUT2D eigenvalue weighted by atomic mass is 10.1. The SMILES string of the molecule is CCN(CC#N)C(=O)Cc1ccc(C)cc1. The fourth-order valence-electron chi connectivity index (χ4n) is 1.45. The van der Waals surface area contributed by atoms with Gasteiger partial charge in [0.2, 0.25) is 5.91 Å². The van der Waals surface area contributed by atoms with Gasteiger partial charge in [-0.2, -0.15) is 5.26 Å². The van der Waals surface area contributed by atoms with Crippen molar-refractivity contribution in [3.63, 3.8) is 0 Å². The molecule has 0 atom stereocenters. The van der Waals surface area contributed by atoms with Gasteiger partial charge < -0.3 is 4.90 Å². The van der Waals surface area contributed by atoms with E-state index in [1.54, 1.807) is 4.90 Å². The number of amides is 1. The number of carbonyl (C=O) groups is 1. The average molecular weight is 216 g/mol. The first-order chi connectivity index (χ1) is 7.67. The third-order valence-electron chi connectivity index (χ3n) is 2.47. The van der Waals surface area contributed by atoms with E-state index in [4.69, 9.17) is 5.26 Å². The first-order valence-electron chi connectivity index (χ1n) is 5.37. The predicted octanol–water partition coefficient (Wildman–Crippen LogP) is 1.91. The number of aryl methyl sites for hydroxylation is 1. The lowest BCUT2D eigenvalue weighted by Crippen LogP contribution is -2.32. The molecule has 0 fully saturated rings. The quantitative estimate of drug-likeness (QED) is 0.722. The number of rotatable bonds is 4. The van der Waals surface area contributed by atoms with Gasteiger partial charge in [0.05, 0.1) is 12.5 Å². The molecule has 1 rings (SSSR count). The maximum atomic E-state index is 11.8. The number of nitriles is 1. The molecule has 0 bridgehead atoms. The Hall–Kier alpha value is -1.82. The summed E-state index contributed by atoms with van der Waals surface area (Å²) in [5.74, 6) is 0.00732. The molecule has 1 amide bonds. The van der Waals surface area contributed by atoms with E-state index in [-0.39, 0.29) is 12.5 Å². The Morgan fingerprint density at radius 3 is 2.50 bits per heavy atom. The van der Waals surface area contributed by atoms with E-state index in [1.165, 1.54) is 5.56 Å². The van der Waals surface area contributed by atoms with Crippen molar-refractivity contribution in [1.29, 1.82) is 5.26 Å². The van der Waals surface area contributed by atoms with E-state index in [1.807, 2.05) is 44.2 Å². The molecule has 16 heavy (non-hydrogen) atoms. The minimum Gasteiger partial charge on any atom is -0.329 e. The Labute approximate surface area is 96.3 Å². The highest BCUT2D eigenvalue weighted by Crippen LogP contribution is 2.05. The Kier molecular flexibility index (Phi) is 4.53. The van der Waals surface area contributed by atoms with Gasteiger partial charge in [0, 0.05) is 6.54 Å². The van der Waals surface area contributed by atoms with Crippen molar-refractivity contribution in [2.75, 3.05) is 13.1 Å². The van der Waals surface area contributed by atoms with Crippen molar-refractivity contribution in [3.05, 3.63) is 35.4 Å². The third-order valence-corrected chi connectivity index (χ3v) is 2.47. The van der Waals surface area contributed by atoms with Crippen LogP contribution >= 0.6 is 0 Å². The largest absolute Gasteiger partial charge is 0.329 e. The molecule has 0 aliphatic heterocycles. The number of likely N-dealkylation sites (N-methyl/N-ethyl adjacent to an activating group) is 1. The molecule has 0 aromatic heterocycles. The van der Waals surface area contributed by atoms with Crippen LogP contribution in [0.3, 0.4) is 0 Å². The van der Waals surface area contributed by atoms with Crippen LogP contribution in [0, 0.1) is 18.3 Å². The van der Waals surface area contributed by atoms with Gasteiger partial charge in [0.25, 0.3) is 0 Å². The van der Waals surface area contributed by atoms with E-state index < -0.39 is 0 Å². The molecule has 0 N–H and O–H groups in total. The van der Waals surface area contributed by atoms with Crippen LogP contribution < -0.4 is 0 Å². The summed E-state index contributed by atoms with van der Waals surface area (Å²) in [4.78, 5) is 13.3. The van der Waals surface area contributed by atoms with E-state index in [0.717, 1.165) is 5.56 Å². The van der Waals surface area contributed by atoms with Gasteiger partial charge in [0.15, 0.2) is 0 Å². The van der Waals surface area contributed by atoms with Crippen LogP contribution in [0.4, 0.5) is 0 Å². The fourth-order valence-corrected chi connectivity index (χ4v) is 1.45. The molecule has 1 aromatic rings. The zero-order valence-corrected chi connectivity index (χ0v) is 9.73. The standard InChI is InChI=1S/C13H16N2O/c1-3-15(9-8-14)13(16)10-12-6-4-11(2)5-7-12/h4-7H,3,9-10H2,1-2H3. The predicted molar refractivity (Wildman–Crippen MR) is 62.8 cm³/mol. The molecule has 0 radical (unpaired) electrons. The summed E-state index contributed by atoms with van der Waals surface area (Å²) in [6.07, 6.45) is 0.371. The van der Waals surface area contributed by atoms with Crippen LogP contribution in [0.25, 0.3) is 0 Å². The molecular weight excluding hydrogens is 200 g/mol. The lowest BCUT2D eigenvalue weighted by molar-refractivity contribution is -0.129. The van der Waals surface area contributed by atoms with Gasteiger partial charge >= 0.3 is 0 Å². The maximum absolute atomic E-state index is 11.8. The van der Waals surface area contributed by atoms with Crippen molar-refractivity contribution in [1.82, 2.24) is 4.90 Å². The second-order valence-corrected chi connectivity index (χ2v) is 3.73. The van der Waals surface area contributed by atoms with Gasteiger partial charge in [-0.3, -0.25) is 4.79 Å². The Bertz CT molecular complexity index is 389. The Morgan fingerprint density at radius 2 is 2.00 bits per heavy atom. The second-order valence-electron chi connectivity index (χ2n) is 3.73. The highest BCUT2D eigenvalue weighted by Gasteiger charge is 2.11. The third kappa shape index (κ3) is 3.39. The topological polar surface area (TPSA) is 44.1 Å². The number of benzene rings is 1. The number of hydrogen-bond acceptors (Lipinski definition) is 2. The van der Waals surface area contributed by atoms with Crippen molar-refractivity contribution >= 4 is 5.91 Å². The minimum absolute atomic E-state index is 0.00732. The fraction of sp³-hybridized carbons (Fsp3) is 0.385. The van der Waals surface area contributed by atoms with Crippen LogP contribution in [-0.2, 0) is 11.2 Å². The summed E-state index contributed by atoms with van der Waals surface area (Å²) >= 11 is 0. The van der Waals surface area contributed by atoms with Crippen molar-refractivity contribution in [2.45, 2.75) is 20.3 Å². The van der Waals surface area contributed by atoms with E-state index in [2.05, 4.69) is 0 Å². The van der Waals surface area contributed by atoms with Crippen LogP contribution in [0.1, 0.15) is 18.1 Å². The van der Waals surface area contributed by atoms with Gasteiger partial charge in [-0.15, -0.1) is 0 Å². The molecule has 0 spiro atoms. The first-order valence-corrected chi connectivity index (χ1v) is 5.37. The summed E-state index contributed by atoms with van der Waals surface area (Å²) in [7, 11) is 0. The molecule has 84 valence electrons. The number of carbonyl (C=O) groups excluding carboxylic acids is 1. The van der Waals surface area contributed by atoms with Crippen LogP contribution in [0.5, 0.6) is 0 Å². The smallest absolute Gasteiger partial charge is 0.227 e. The molecule has 3 heteroatoms. The number of hydrogen-bond donors (Lipinski definition) is 0. The molecule has 1 aromatic carbocycles. The summed E-state index contributed by atoms with van der Waals surface area (Å²) in [6, 6.07) is 9.88. The lowest BCUT2D eigenvalue weighted by Gasteiger charge is -2.17. The molecule has 3 nitrogen and oxygen atoms in total. The highest BCUT2D eigenvalue weighted by atomic mass is 16.2. The first kappa shape index (κ1) is 12.3. The molecular formula is C13H16N2O. The van der Waals surface area contributed by atoms with Gasteiger partial charge in [0.1, 0.15) is 6.54 Å². The van der Waals surface area contributed by atoms with Crippen LogP contribution in [0.15, 0.2) is 24.3 Å². The van der Waals surface area contributed by atoms with E-state index >= 15 is 0 Å². The van der Waals surface area contributed by atoms with Crippen molar-refractivity contribution in [3.8, 4) is 6.07 Å². The van der Waals surface area contributed by atoms with Crippen LogP contribution in [-0.4, -0.2) is 23.9 Å². The maximum Gasteiger partial charge on any atom is 0.227 e. The monoisotopic (exact) mass is 216 g/mol. The highest BCUT2D eigenvalue weighted by molar-refractivity contribution is 5.79. The molecule has 0 aliphatic rings. The molecule has 0 saturated heterocycles. The molecule has 0 aliphatic carbocycles. The van der Waals surface area contributed by atoms with E-state index in [0.29, 0.717) is 13.0 Å². The van der Waals surface area contributed by atoms with Gasteiger partial charge in [-0.05, 0) is 19.4 Å². The Morgan fingerprint density at radius 1 is 1.38 bits per heavy atom. The Balaban J connectivity index is 2.63. The number of nitrogens with zero attached hydrogens (tertiary/aromatic N) is 2. The zero-order chi connectivity index (χ0) is 12.0. The van der Waals surface area contributed by atoms with Gasteiger partial charge in [-0.25, -0.2) is 0 Å². The minimum atomic E-state index is 0.00732. The summed E-state index contributed by atoms with van der Waals surface area (Å²) in [5, 5.41) is 8.58. The molecule has 0 unspecified atom stereocenters. The molecule has 0 heterocycles. The average Bonchev–Trinajstić information content (AvgIpc) is 2.29. The van der Waals surface area contributed by atoms with Gasteiger partial charge in [-0.1, -0.05) is 29.8 Å². The second kappa shape index (κ2) is 5.92. The summed E-state index contributed by atoms with van der Waals surface area (Å²) in [6.45, 7) is 4.64. The normalized spacial score (nSPS) is 9.56.